The number of rotatable bonds is 8. The van der Waals surface area contributed by atoms with E-state index in [0.29, 0.717) is 0 Å². The molecule has 24 heavy (non-hydrogen) atoms. The number of hydrogen-bond acceptors (Lipinski definition) is 3. The van der Waals surface area contributed by atoms with Gasteiger partial charge in [-0.1, -0.05) is 26.2 Å². The summed E-state index contributed by atoms with van der Waals surface area (Å²) in [4.78, 5) is 7.42. The Kier molecular flexibility index (Phi) is 8.33. The molecule has 2 rings (SSSR count). The molecule has 0 aromatic rings. The molecule has 3 N–H and O–H groups in total. The average molecular weight is 339 g/mol. The van der Waals surface area contributed by atoms with Gasteiger partial charge < -0.3 is 20.6 Å². The smallest absolute Gasteiger partial charge is 0.191 e. The molecular formula is C19H38N4O. The zero-order chi connectivity index (χ0) is 17.3. The lowest BCUT2D eigenvalue weighted by atomic mass is 9.72. The molecule has 0 radical (unpaired) electrons. The van der Waals surface area contributed by atoms with Gasteiger partial charge in [0.15, 0.2) is 5.96 Å². The second kappa shape index (κ2) is 10.2. The first-order valence-corrected chi connectivity index (χ1v) is 10.1. The normalized spacial score (nSPS) is 25.0. The minimum absolute atomic E-state index is 0.224. The second-order valence-electron chi connectivity index (χ2n) is 7.66. The Morgan fingerprint density at radius 3 is 2.62 bits per heavy atom. The van der Waals surface area contributed by atoms with Gasteiger partial charge in [0.05, 0.1) is 0 Å². The van der Waals surface area contributed by atoms with Gasteiger partial charge in [-0.15, -0.1) is 0 Å². The van der Waals surface area contributed by atoms with Crippen molar-refractivity contribution in [3.05, 3.63) is 0 Å². The molecule has 2 fully saturated rings. The van der Waals surface area contributed by atoms with E-state index in [1.165, 1.54) is 51.6 Å². The van der Waals surface area contributed by atoms with Crippen LogP contribution in [0.5, 0.6) is 0 Å². The second-order valence-corrected chi connectivity index (χ2v) is 7.66. The van der Waals surface area contributed by atoms with Crippen LogP contribution in [0.3, 0.4) is 0 Å². The third kappa shape index (κ3) is 5.92. The third-order valence-electron chi connectivity index (χ3n) is 5.85. The Labute approximate surface area is 148 Å². The first-order valence-electron chi connectivity index (χ1n) is 10.1. The van der Waals surface area contributed by atoms with Crippen LogP contribution in [0.15, 0.2) is 4.99 Å². The van der Waals surface area contributed by atoms with Crippen molar-refractivity contribution in [2.75, 3.05) is 45.9 Å². The molecule has 5 nitrogen and oxygen atoms in total. The fraction of sp³-hybridized carbons (Fsp3) is 0.947. The van der Waals surface area contributed by atoms with Gasteiger partial charge in [-0.2, -0.15) is 0 Å². The molecule has 1 heterocycles. The maximum Gasteiger partial charge on any atom is 0.191 e. The zero-order valence-corrected chi connectivity index (χ0v) is 15.8. The zero-order valence-electron chi connectivity index (χ0n) is 15.8. The summed E-state index contributed by atoms with van der Waals surface area (Å²) in [5.41, 5.74) is 0.224. The van der Waals surface area contributed by atoms with E-state index in [2.05, 4.69) is 29.4 Å². The van der Waals surface area contributed by atoms with Crippen molar-refractivity contribution in [2.24, 2.45) is 16.3 Å². The first-order chi connectivity index (χ1) is 11.7. The molecule has 1 saturated heterocycles. The van der Waals surface area contributed by atoms with Crippen molar-refractivity contribution in [3.63, 3.8) is 0 Å². The highest BCUT2D eigenvalue weighted by molar-refractivity contribution is 5.79. The van der Waals surface area contributed by atoms with Crippen molar-refractivity contribution in [3.8, 4) is 0 Å². The summed E-state index contributed by atoms with van der Waals surface area (Å²) >= 11 is 0. The summed E-state index contributed by atoms with van der Waals surface area (Å²) in [5, 5.41) is 16.4. The fourth-order valence-electron chi connectivity index (χ4n) is 4.22. The minimum atomic E-state index is 0.224. The van der Waals surface area contributed by atoms with E-state index in [-0.39, 0.29) is 12.0 Å². The van der Waals surface area contributed by atoms with Gasteiger partial charge in [0, 0.05) is 32.8 Å². The monoisotopic (exact) mass is 338 g/mol. The van der Waals surface area contributed by atoms with E-state index in [4.69, 9.17) is 4.99 Å². The van der Waals surface area contributed by atoms with Crippen LogP contribution in [0.4, 0.5) is 0 Å². The molecule has 1 aliphatic heterocycles. The van der Waals surface area contributed by atoms with Crippen LogP contribution < -0.4 is 10.6 Å². The maximum absolute atomic E-state index is 9.46. The van der Waals surface area contributed by atoms with Gasteiger partial charge in [0.1, 0.15) is 0 Å². The molecule has 0 spiro atoms. The molecule has 1 unspecified atom stereocenters. The largest absolute Gasteiger partial charge is 0.396 e. The number of nitrogens with zero attached hydrogens (tertiary/aromatic N) is 2. The molecule has 1 aliphatic carbocycles. The highest BCUT2D eigenvalue weighted by atomic mass is 16.3. The molecule has 140 valence electrons. The van der Waals surface area contributed by atoms with Crippen LogP contribution in [-0.4, -0.2) is 61.8 Å². The average Bonchev–Trinajstić information content (AvgIpc) is 3.07. The van der Waals surface area contributed by atoms with Gasteiger partial charge in [0.2, 0.25) is 0 Å². The summed E-state index contributed by atoms with van der Waals surface area (Å²) < 4.78 is 0. The molecule has 0 aromatic heterocycles. The van der Waals surface area contributed by atoms with Crippen molar-refractivity contribution < 1.29 is 5.11 Å². The lowest BCUT2D eigenvalue weighted by molar-refractivity contribution is 0.137. The standard InChI is InChI=1S/C19H38N4O/c1-3-20-18(21-14-17-8-12-23(4-2)15-17)22-16-19(11-13-24)9-6-5-7-10-19/h17,24H,3-16H2,1-2H3,(H2,20,21,22). The van der Waals surface area contributed by atoms with Crippen LogP contribution in [0.1, 0.15) is 58.8 Å². The summed E-state index contributed by atoms with van der Waals surface area (Å²) in [6, 6.07) is 0. The summed E-state index contributed by atoms with van der Waals surface area (Å²) in [6.07, 6.45) is 8.52. The van der Waals surface area contributed by atoms with E-state index < -0.39 is 0 Å². The number of aliphatic hydroxyl groups excluding tert-OH is 1. The summed E-state index contributed by atoms with van der Waals surface area (Å²) in [7, 11) is 0. The van der Waals surface area contributed by atoms with Gasteiger partial charge in [-0.25, -0.2) is 0 Å². The molecule has 1 saturated carbocycles. The number of hydrogen-bond donors (Lipinski definition) is 3. The van der Waals surface area contributed by atoms with E-state index in [9.17, 15) is 5.11 Å². The van der Waals surface area contributed by atoms with Gasteiger partial charge >= 0.3 is 0 Å². The maximum atomic E-state index is 9.46. The number of likely N-dealkylation sites (tertiary alicyclic amines) is 1. The number of nitrogens with one attached hydrogen (secondary N) is 2. The quantitative estimate of drug-likeness (QED) is 0.469. The van der Waals surface area contributed by atoms with E-state index in [1.807, 2.05) is 0 Å². The Bertz CT molecular complexity index is 374. The third-order valence-corrected chi connectivity index (χ3v) is 5.85. The van der Waals surface area contributed by atoms with Gasteiger partial charge in [-0.3, -0.25) is 4.99 Å². The molecular weight excluding hydrogens is 300 g/mol. The molecule has 0 bridgehead atoms. The van der Waals surface area contributed by atoms with Crippen LogP contribution in [0.2, 0.25) is 0 Å². The SMILES string of the molecule is CCNC(=NCC1(CCO)CCCCC1)NCC1CCN(CC)C1. The Balaban J connectivity index is 1.86. The van der Waals surface area contributed by atoms with Crippen molar-refractivity contribution in [1.29, 1.82) is 0 Å². The Morgan fingerprint density at radius 2 is 2.00 bits per heavy atom. The van der Waals surface area contributed by atoms with Crippen LogP contribution >= 0.6 is 0 Å². The number of guanidine groups is 1. The van der Waals surface area contributed by atoms with Crippen molar-refractivity contribution in [1.82, 2.24) is 15.5 Å². The molecule has 0 amide bonds. The molecule has 5 heteroatoms. The predicted molar refractivity (Wildman–Crippen MR) is 101 cm³/mol. The van der Waals surface area contributed by atoms with E-state index in [1.54, 1.807) is 0 Å². The molecule has 0 aromatic carbocycles. The highest BCUT2D eigenvalue weighted by Crippen LogP contribution is 2.39. The van der Waals surface area contributed by atoms with Crippen molar-refractivity contribution in [2.45, 2.75) is 58.8 Å². The first kappa shape index (κ1) is 19.5. The van der Waals surface area contributed by atoms with Crippen LogP contribution in [0, 0.1) is 11.3 Å². The van der Waals surface area contributed by atoms with Crippen LogP contribution in [-0.2, 0) is 0 Å². The molecule has 2 aliphatic rings. The summed E-state index contributed by atoms with van der Waals surface area (Å²) in [5.74, 6) is 1.69. The Hall–Kier alpha value is -0.810. The van der Waals surface area contributed by atoms with E-state index in [0.717, 1.165) is 44.5 Å². The lowest BCUT2D eigenvalue weighted by Gasteiger charge is -2.35. The highest BCUT2D eigenvalue weighted by Gasteiger charge is 2.31. The van der Waals surface area contributed by atoms with Crippen LogP contribution in [0.25, 0.3) is 0 Å². The Morgan fingerprint density at radius 1 is 1.21 bits per heavy atom. The molecule has 1 atom stereocenters. The van der Waals surface area contributed by atoms with Crippen molar-refractivity contribution >= 4 is 5.96 Å². The minimum Gasteiger partial charge on any atom is -0.396 e. The predicted octanol–water partition coefficient (Wildman–Crippen LogP) is 2.22. The van der Waals surface area contributed by atoms with Gasteiger partial charge in [0.25, 0.3) is 0 Å². The lowest BCUT2D eigenvalue weighted by Crippen LogP contribution is -2.41. The van der Waals surface area contributed by atoms with Gasteiger partial charge in [-0.05, 0) is 57.0 Å². The number of aliphatic hydroxyl groups is 1. The fourth-order valence-corrected chi connectivity index (χ4v) is 4.22. The summed E-state index contributed by atoms with van der Waals surface area (Å²) in [6.45, 7) is 11.0. The van der Waals surface area contributed by atoms with E-state index >= 15 is 0 Å². The number of aliphatic imine (C=N–C) groups is 1. The topological polar surface area (TPSA) is 59.9 Å².